The third kappa shape index (κ3) is 2.16. The van der Waals surface area contributed by atoms with E-state index in [9.17, 15) is 0 Å². The second-order valence-electron chi connectivity index (χ2n) is 3.08. The monoisotopic (exact) mass is 220 g/mol. The van der Waals surface area contributed by atoms with Gasteiger partial charge in [0, 0.05) is 28.1 Å². The molecule has 0 radical (unpaired) electrons. The quantitative estimate of drug-likeness (QED) is 0.863. The fourth-order valence-corrected chi connectivity index (χ4v) is 2.18. The highest BCUT2D eigenvalue weighted by Gasteiger charge is 2.03. The maximum absolute atomic E-state index is 5.57. The van der Waals surface area contributed by atoms with E-state index in [2.05, 4.69) is 11.1 Å². The van der Waals surface area contributed by atoms with Gasteiger partial charge in [-0.3, -0.25) is 4.98 Å². The van der Waals surface area contributed by atoms with E-state index in [4.69, 9.17) is 10.5 Å². The average molecular weight is 220 g/mol. The molecule has 0 aliphatic carbocycles. The first kappa shape index (κ1) is 10.1. The van der Waals surface area contributed by atoms with Gasteiger partial charge < -0.3 is 10.5 Å². The molecule has 0 aliphatic heterocycles. The normalized spacial score (nSPS) is 10.3. The topological polar surface area (TPSA) is 48.1 Å². The van der Waals surface area contributed by atoms with Crippen molar-refractivity contribution in [2.24, 2.45) is 5.73 Å². The Hall–Kier alpha value is -1.39. The Morgan fingerprint density at radius 2 is 2.27 bits per heavy atom. The highest BCUT2D eigenvalue weighted by Crippen LogP contribution is 2.29. The van der Waals surface area contributed by atoms with E-state index in [-0.39, 0.29) is 0 Å². The first-order valence-corrected chi connectivity index (χ1v) is 5.43. The summed E-state index contributed by atoms with van der Waals surface area (Å²) in [5.74, 6) is 0.773. The molecule has 2 rings (SSSR count). The molecule has 0 saturated carbocycles. The maximum atomic E-state index is 5.57. The molecule has 0 amide bonds. The molecular formula is C11H12N2OS. The van der Waals surface area contributed by atoms with Gasteiger partial charge in [-0.15, -0.1) is 11.3 Å². The molecule has 0 spiro atoms. The summed E-state index contributed by atoms with van der Waals surface area (Å²) >= 11 is 1.68. The Labute approximate surface area is 92.5 Å². The Morgan fingerprint density at radius 3 is 2.93 bits per heavy atom. The van der Waals surface area contributed by atoms with Crippen LogP contribution in [0.2, 0.25) is 0 Å². The van der Waals surface area contributed by atoms with E-state index in [0.717, 1.165) is 11.3 Å². The zero-order chi connectivity index (χ0) is 10.7. The summed E-state index contributed by atoms with van der Waals surface area (Å²) in [7, 11) is 1.64. The van der Waals surface area contributed by atoms with Crippen molar-refractivity contribution in [3.05, 3.63) is 35.5 Å². The van der Waals surface area contributed by atoms with E-state index in [1.165, 1.54) is 9.75 Å². The molecule has 2 heterocycles. The number of nitrogens with zero attached hydrogens (tertiary/aromatic N) is 1. The van der Waals surface area contributed by atoms with Crippen LogP contribution in [0.25, 0.3) is 10.4 Å². The van der Waals surface area contributed by atoms with Crippen LogP contribution in [0.4, 0.5) is 0 Å². The fraction of sp³-hybridized carbons (Fsp3) is 0.182. The van der Waals surface area contributed by atoms with E-state index >= 15 is 0 Å². The lowest BCUT2D eigenvalue weighted by Gasteiger charge is -2.00. The van der Waals surface area contributed by atoms with Gasteiger partial charge in [0.1, 0.15) is 5.75 Å². The van der Waals surface area contributed by atoms with Gasteiger partial charge in [0.2, 0.25) is 0 Å². The summed E-state index contributed by atoms with van der Waals surface area (Å²) in [5, 5.41) is 0. The van der Waals surface area contributed by atoms with Gasteiger partial charge in [0.25, 0.3) is 0 Å². The first-order valence-electron chi connectivity index (χ1n) is 4.61. The minimum absolute atomic E-state index is 0.585. The number of ether oxygens (including phenoxy) is 1. The second-order valence-corrected chi connectivity index (χ2v) is 4.25. The molecule has 0 atom stereocenters. The van der Waals surface area contributed by atoms with Crippen LogP contribution in [-0.4, -0.2) is 12.1 Å². The first-order chi connectivity index (χ1) is 7.33. The largest absolute Gasteiger partial charge is 0.495 e. The molecule has 0 unspecified atom stereocenters. The lowest BCUT2D eigenvalue weighted by molar-refractivity contribution is 0.413. The number of nitrogens with two attached hydrogens (primary N) is 1. The van der Waals surface area contributed by atoms with E-state index < -0.39 is 0 Å². The van der Waals surface area contributed by atoms with Crippen molar-refractivity contribution < 1.29 is 4.74 Å². The average Bonchev–Trinajstić information content (AvgIpc) is 2.78. The van der Waals surface area contributed by atoms with Crippen LogP contribution in [0.3, 0.4) is 0 Å². The zero-order valence-corrected chi connectivity index (χ0v) is 9.25. The van der Waals surface area contributed by atoms with Gasteiger partial charge in [0.05, 0.1) is 13.3 Å². The summed E-state index contributed by atoms with van der Waals surface area (Å²) in [6, 6.07) is 6.07. The van der Waals surface area contributed by atoms with Crippen LogP contribution in [0.5, 0.6) is 5.75 Å². The van der Waals surface area contributed by atoms with Gasteiger partial charge in [-0.2, -0.15) is 0 Å². The predicted molar refractivity (Wildman–Crippen MR) is 62.0 cm³/mol. The Kier molecular flexibility index (Phi) is 2.99. The number of methoxy groups -OCH3 is 1. The van der Waals surface area contributed by atoms with Gasteiger partial charge in [-0.05, 0) is 18.2 Å². The molecule has 0 aromatic carbocycles. The molecule has 2 N–H and O–H groups in total. The summed E-state index contributed by atoms with van der Waals surface area (Å²) < 4.78 is 5.13. The fourth-order valence-electron chi connectivity index (χ4n) is 1.31. The summed E-state index contributed by atoms with van der Waals surface area (Å²) in [4.78, 5) is 6.46. The molecule has 4 heteroatoms. The number of aromatic nitrogens is 1. The smallest absolute Gasteiger partial charge is 0.137 e. The van der Waals surface area contributed by atoms with Crippen molar-refractivity contribution in [1.29, 1.82) is 0 Å². The highest BCUT2D eigenvalue weighted by atomic mass is 32.1. The Balaban J connectivity index is 2.35. The summed E-state index contributed by atoms with van der Waals surface area (Å²) in [5.41, 5.74) is 6.64. The highest BCUT2D eigenvalue weighted by molar-refractivity contribution is 7.15. The van der Waals surface area contributed by atoms with Crippen LogP contribution in [-0.2, 0) is 6.54 Å². The van der Waals surface area contributed by atoms with Gasteiger partial charge in [-0.1, -0.05) is 0 Å². The second kappa shape index (κ2) is 4.42. The molecular weight excluding hydrogens is 208 g/mol. The van der Waals surface area contributed by atoms with Crippen molar-refractivity contribution in [2.45, 2.75) is 6.54 Å². The molecule has 15 heavy (non-hydrogen) atoms. The van der Waals surface area contributed by atoms with Gasteiger partial charge in [-0.25, -0.2) is 0 Å². The molecule has 0 bridgehead atoms. The number of hydrogen-bond acceptors (Lipinski definition) is 4. The standard InChI is InChI=1S/C11H12N2OS/c1-14-9-4-8(6-13-7-9)11-3-2-10(5-12)15-11/h2-4,6-7H,5,12H2,1H3. The Morgan fingerprint density at radius 1 is 1.40 bits per heavy atom. The van der Waals surface area contributed by atoms with Gasteiger partial charge >= 0.3 is 0 Å². The molecule has 0 aliphatic rings. The van der Waals surface area contributed by atoms with Crippen molar-refractivity contribution in [2.75, 3.05) is 7.11 Å². The van der Waals surface area contributed by atoms with Crippen LogP contribution in [0.1, 0.15) is 4.88 Å². The molecule has 0 saturated heterocycles. The molecule has 0 fully saturated rings. The minimum atomic E-state index is 0.585. The number of hydrogen-bond donors (Lipinski definition) is 1. The van der Waals surface area contributed by atoms with E-state index in [0.29, 0.717) is 6.54 Å². The third-order valence-corrected chi connectivity index (χ3v) is 3.25. The lowest BCUT2D eigenvalue weighted by Crippen LogP contribution is -1.91. The number of thiophene rings is 1. The van der Waals surface area contributed by atoms with Crippen LogP contribution in [0, 0.1) is 0 Å². The SMILES string of the molecule is COc1cncc(-c2ccc(CN)s2)c1. The minimum Gasteiger partial charge on any atom is -0.495 e. The Bertz CT molecular complexity index is 453. The van der Waals surface area contributed by atoms with Crippen molar-refractivity contribution >= 4 is 11.3 Å². The zero-order valence-electron chi connectivity index (χ0n) is 8.43. The summed E-state index contributed by atoms with van der Waals surface area (Å²) in [6.45, 7) is 0.585. The van der Waals surface area contributed by atoms with E-state index in [1.54, 1.807) is 24.6 Å². The van der Waals surface area contributed by atoms with Crippen LogP contribution < -0.4 is 10.5 Å². The summed E-state index contributed by atoms with van der Waals surface area (Å²) in [6.07, 6.45) is 3.52. The van der Waals surface area contributed by atoms with E-state index in [1.807, 2.05) is 18.3 Å². The number of pyridine rings is 1. The van der Waals surface area contributed by atoms with Crippen LogP contribution in [0.15, 0.2) is 30.6 Å². The van der Waals surface area contributed by atoms with Crippen molar-refractivity contribution in [3.8, 4) is 16.2 Å². The van der Waals surface area contributed by atoms with Crippen molar-refractivity contribution in [3.63, 3.8) is 0 Å². The number of rotatable bonds is 3. The molecule has 2 aromatic heterocycles. The maximum Gasteiger partial charge on any atom is 0.137 e. The molecule has 2 aromatic rings. The van der Waals surface area contributed by atoms with Crippen LogP contribution >= 0.6 is 11.3 Å². The molecule has 3 nitrogen and oxygen atoms in total. The molecule has 78 valence electrons. The third-order valence-electron chi connectivity index (χ3n) is 2.10. The predicted octanol–water partition coefficient (Wildman–Crippen LogP) is 2.28. The van der Waals surface area contributed by atoms with Crippen molar-refractivity contribution in [1.82, 2.24) is 4.98 Å². The lowest BCUT2D eigenvalue weighted by atomic mass is 10.2. The van der Waals surface area contributed by atoms with Gasteiger partial charge in [0.15, 0.2) is 0 Å².